The first-order valence-corrected chi connectivity index (χ1v) is 14.5. The molecule has 1 heterocycles. The van der Waals surface area contributed by atoms with Gasteiger partial charge in [-0.25, -0.2) is 0 Å². The van der Waals surface area contributed by atoms with Crippen LogP contribution in [0, 0.1) is 5.41 Å². The average molecular weight is 550 g/mol. The third kappa shape index (κ3) is 6.23. The number of hydrogen-bond acceptors (Lipinski definition) is 3. The van der Waals surface area contributed by atoms with Crippen LogP contribution in [0.4, 0.5) is 11.4 Å². The summed E-state index contributed by atoms with van der Waals surface area (Å²) in [6.07, 6.45) is 0.431. The van der Waals surface area contributed by atoms with E-state index in [1.165, 1.54) is 22.7 Å². The van der Waals surface area contributed by atoms with Crippen molar-refractivity contribution in [3.63, 3.8) is 0 Å². The summed E-state index contributed by atoms with van der Waals surface area (Å²) in [5.74, 6) is -0.122. The molecule has 204 valence electrons. The summed E-state index contributed by atoms with van der Waals surface area (Å²) in [4.78, 5) is 27.2. The van der Waals surface area contributed by atoms with Crippen LogP contribution in [0.15, 0.2) is 102 Å². The van der Waals surface area contributed by atoms with Gasteiger partial charge in [-0.05, 0) is 60.4 Å². The smallest absolute Gasteiger partial charge is 0.242 e. The SMILES string of the molecule is CCn1c2ccccc2c2cc(NC(=O)C(Sc3cccc(NC(=O)CC(C)(C)C)c3)c3ccccc3)ccc21. The van der Waals surface area contributed by atoms with E-state index in [1.807, 2.05) is 81.4 Å². The lowest BCUT2D eigenvalue weighted by Crippen LogP contribution is -2.20. The second-order valence-corrected chi connectivity index (χ2v) is 12.4. The zero-order chi connectivity index (χ0) is 28.3. The zero-order valence-corrected chi connectivity index (χ0v) is 24.2. The highest BCUT2D eigenvalue weighted by molar-refractivity contribution is 8.00. The molecule has 1 aromatic heterocycles. The normalized spacial score (nSPS) is 12.4. The molecule has 0 spiro atoms. The van der Waals surface area contributed by atoms with Crippen molar-refractivity contribution in [2.75, 3.05) is 10.6 Å². The second-order valence-electron chi connectivity index (χ2n) is 11.2. The Bertz CT molecular complexity index is 1670. The van der Waals surface area contributed by atoms with Gasteiger partial charge >= 0.3 is 0 Å². The Labute approximate surface area is 240 Å². The van der Waals surface area contributed by atoms with E-state index >= 15 is 0 Å². The summed E-state index contributed by atoms with van der Waals surface area (Å²) in [5, 5.41) is 8.00. The molecule has 0 aliphatic rings. The number of hydrogen-bond donors (Lipinski definition) is 2. The molecule has 6 heteroatoms. The van der Waals surface area contributed by atoms with Crippen molar-refractivity contribution in [2.45, 2.75) is 50.8 Å². The minimum absolute atomic E-state index is 0.0215. The Morgan fingerprint density at radius 3 is 2.23 bits per heavy atom. The van der Waals surface area contributed by atoms with Crippen molar-refractivity contribution < 1.29 is 9.59 Å². The first kappa shape index (κ1) is 27.5. The van der Waals surface area contributed by atoms with Gasteiger partial charge in [0.2, 0.25) is 11.8 Å². The summed E-state index contributed by atoms with van der Waals surface area (Å²) < 4.78 is 2.30. The summed E-state index contributed by atoms with van der Waals surface area (Å²) in [6, 6.07) is 32.0. The van der Waals surface area contributed by atoms with Crippen LogP contribution in [0.3, 0.4) is 0 Å². The Morgan fingerprint density at radius 2 is 1.48 bits per heavy atom. The van der Waals surface area contributed by atoms with Gasteiger partial charge in [0.15, 0.2) is 0 Å². The van der Waals surface area contributed by atoms with E-state index in [1.54, 1.807) is 0 Å². The van der Waals surface area contributed by atoms with Gasteiger partial charge < -0.3 is 15.2 Å². The number of fused-ring (bicyclic) bond motifs is 3. The first-order valence-electron chi connectivity index (χ1n) is 13.7. The molecular weight excluding hydrogens is 514 g/mol. The van der Waals surface area contributed by atoms with Crippen LogP contribution < -0.4 is 10.6 Å². The van der Waals surface area contributed by atoms with Crippen LogP contribution in [-0.2, 0) is 16.1 Å². The number of amides is 2. The van der Waals surface area contributed by atoms with E-state index in [9.17, 15) is 9.59 Å². The molecule has 0 aliphatic heterocycles. The molecule has 0 fully saturated rings. The van der Waals surface area contributed by atoms with Gasteiger partial charge in [-0.15, -0.1) is 11.8 Å². The number of aromatic nitrogens is 1. The lowest BCUT2D eigenvalue weighted by Gasteiger charge is -2.19. The molecule has 0 radical (unpaired) electrons. The molecule has 0 saturated heterocycles. The number of carbonyl (C=O) groups is 2. The maximum absolute atomic E-state index is 13.8. The summed E-state index contributed by atoms with van der Waals surface area (Å²) in [5.41, 5.74) is 4.65. The predicted octanol–water partition coefficient (Wildman–Crippen LogP) is 8.66. The van der Waals surface area contributed by atoms with Crippen molar-refractivity contribution in [1.29, 1.82) is 0 Å². The van der Waals surface area contributed by atoms with Crippen LogP contribution in [0.1, 0.15) is 44.9 Å². The Balaban J connectivity index is 1.41. The van der Waals surface area contributed by atoms with Crippen LogP contribution in [0.5, 0.6) is 0 Å². The van der Waals surface area contributed by atoms with Gasteiger partial charge in [0, 0.05) is 51.0 Å². The summed E-state index contributed by atoms with van der Waals surface area (Å²) in [7, 11) is 0. The number of aryl methyl sites for hydroxylation is 1. The van der Waals surface area contributed by atoms with Crippen LogP contribution in [0.25, 0.3) is 21.8 Å². The number of carbonyl (C=O) groups excluding carboxylic acids is 2. The Morgan fingerprint density at radius 1 is 0.775 bits per heavy atom. The maximum Gasteiger partial charge on any atom is 0.242 e. The second kappa shape index (κ2) is 11.6. The fourth-order valence-corrected chi connectivity index (χ4v) is 6.13. The molecule has 0 bridgehead atoms. The minimum atomic E-state index is -0.477. The van der Waals surface area contributed by atoms with Crippen molar-refractivity contribution >= 4 is 56.8 Å². The molecule has 40 heavy (non-hydrogen) atoms. The first-order chi connectivity index (χ1) is 19.2. The molecule has 2 amide bonds. The molecule has 5 nitrogen and oxygen atoms in total. The molecule has 4 aromatic carbocycles. The minimum Gasteiger partial charge on any atom is -0.341 e. The van der Waals surface area contributed by atoms with Gasteiger partial charge in [-0.2, -0.15) is 0 Å². The fourth-order valence-electron chi connectivity index (χ4n) is 5.05. The highest BCUT2D eigenvalue weighted by atomic mass is 32.2. The van der Waals surface area contributed by atoms with E-state index in [-0.39, 0.29) is 17.2 Å². The van der Waals surface area contributed by atoms with E-state index in [2.05, 4.69) is 58.5 Å². The maximum atomic E-state index is 13.8. The number of thioether (sulfide) groups is 1. The fraction of sp³-hybridized carbons (Fsp3) is 0.235. The number of para-hydroxylation sites is 1. The monoisotopic (exact) mass is 549 g/mol. The summed E-state index contributed by atoms with van der Waals surface area (Å²) >= 11 is 1.47. The van der Waals surface area contributed by atoms with Crippen LogP contribution in [-0.4, -0.2) is 16.4 Å². The lowest BCUT2D eigenvalue weighted by atomic mass is 9.92. The lowest BCUT2D eigenvalue weighted by molar-refractivity contribution is -0.118. The third-order valence-electron chi connectivity index (χ3n) is 6.76. The van der Waals surface area contributed by atoms with Gasteiger partial charge in [-0.3, -0.25) is 9.59 Å². The molecule has 0 saturated carbocycles. The number of nitrogens with one attached hydrogen (secondary N) is 2. The van der Waals surface area contributed by atoms with Crippen molar-refractivity contribution in [3.8, 4) is 0 Å². The van der Waals surface area contributed by atoms with Crippen LogP contribution in [0.2, 0.25) is 0 Å². The van der Waals surface area contributed by atoms with Crippen molar-refractivity contribution in [2.24, 2.45) is 5.41 Å². The standard InChI is InChI=1S/C34H35N3O2S/c1-5-37-29-17-10-9-16-27(29)28-21-25(18-19-30(28)37)36-33(39)32(23-12-7-6-8-13-23)40-26-15-11-14-24(20-26)35-31(38)22-34(2,3)4/h6-21,32H,5,22H2,1-4H3,(H,35,38)(H,36,39). The molecular formula is C34H35N3O2S. The van der Waals surface area contributed by atoms with E-state index in [4.69, 9.17) is 0 Å². The molecule has 0 aliphatic carbocycles. The Hall–Kier alpha value is -4.03. The van der Waals surface area contributed by atoms with E-state index in [0.717, 1.165) is 39.3 Å². The van der Waals surface area contributed by atoms with E-state index < -0.39 is 5.25 Å². The zero-order valence-electron chi connectivity index (χ0n) is 23.4. The molecule has 1 unspecified atom stereocenters. The molecule has 5 aromatic rings. The highest BCUT2D eigenvalue weighted by Crippen LogP contribution is 2.38. The van der Waals surface area contributed by atoms with Gasteiger partial charge in [0.05, 0.1) is 0 Å². The summed E-state index contributed by atoms with van der Waals surface area (Å²) in [6.45, 7) is 9.15. The number of benzene rings is 4. The largest absolute Gasteiger partial charge is 0.341 e. The number of anilines is 2. The Kier molecular flexibility index (Phi) is 7.99. The number of nitrogens with zero attached hydrogens (tertiary/aromatic N) is 1. The average Bonchev–Trinajstić information content (AvgIpc) is 3.24. The van der Waals surface area contributed by atoms with Crippen LogP contribution >= 0.6 is 11.8 Å². The molecule has 1 atom stereocenters. The van der Waals surface area contributed by atoms with Gasteiger partial charge in [0.1, 0.15) is 5.25 Å². The topological polar surface area (TPSA) is 63.1 Å². The van der Waals surface area contributed by atoms with Gasteiger partial charge in [0.25, 0.3) is 0 Å². The third-order valence-corrected chi connectivity index (χ3v) is 8.01. The van der Waals surface area contributed by atoms with Crippen molar-refractivity contribution in [1.82, 2.24) is 4.57 Å². The van der Waals surface area contributed by atoms with Crippen molar-refractivity contribution in [3.05, 3.63) is 103 Å². The quantitative estimate of drug-likeness (QED) is 0.190. The van der Waals surface area contributed by atoms with Gasteiger partial charge in [-0.1, -0.05) is 75.4 Å². The number of rotatable bonds is 8. The highest BCUT2D eigenvalue weighted by Gasteiger charge is 2.23. The molecule has 2 N–H and O–H groups in total. The molecule has 5 rings (SSSR count). The van der Waals surface area contributed by atoms with E-state index in [0.29, 0.717) is 6.42 Å². The predicted molar refractivity (Wildman–Crippen MR) is 168 cm³/mol.